The van der Waals surface area contributed by atoms with Crippen LogP contribution in [0.2, 0.25) is 0 Å². The highest BCUT2D eigenvalue weighted by Crippen LogP contribution is 2.18. The molecule has 0 amide bonds. The lowest BCUT2D eigenvalue weighted by Gasteiger charge is -1.94. The smallest absolute Gasteiger partial charge is 0.152 e. The van der Waals surface area contributed by atoms with Gasteiger partial charge in [0.1, 0.15) is 6.29 Å². The molecule has 1 aromatic carbocycles. The highest BCUT2D eigenvalue weighted by atomic mass is 16.1. The van der Waals surface area contributed by atoms with Gasteiger partial charge in [0.2, 0.25) is 0 Å². The minimum atomic E-state index is 0.649. The normalized spacial score (nSPS) is 10.9. The summed E-state index contributed by atoms with van der Waals surface area (Å²) < 4.78 is 0. The zero-order valence-electron chi connectivity index (χ0n) is 7.94. The topological polar surface area (TPSA) is 49.9 Å². The summed E-state index contributed by atoms with van der Waals surface area (Å²) in [5, 5.41) is 0.897. The maximum Gasteiger partial charge on any atom is 0.152 e. The molecule has 1 N–H and O–H groups in total. The Labute approximate surface area is 86.4 Å². The van der Waals surface area contributed by atoms with Crippen molar-refractivity contribution in [1.82, 2.24) is 4.98 Å². The fourth-order valence-electron chi connectivity index (χ4n) is 1.52. The average molecular weight is 199 g/mol. The molecule has 1 heterocycles. The SMILES string of the molecule is O=CC=Cc1ccc2c(C=O)c[nH]c2c1. The molecule has 0 bridgehead atoms. The molecule has 0 radical (unpaired) electrons. The number of rotatable bonds is 3. The van der Waals surface area contributed by atoms with Crippen molar-refractivity contribution in [2.24, 2.45) is 0 Å². The van der Waals surface area contributed by atoms with Gasteiger partial charge in [-0.3, -0.25) is 9.59 Å². The molecule has 0 aliphatic carbocycles. The lowest BCUT2D eigenvalue weighted by atomic mass is 10.1. The van der Waals surface area contributed by atoms with Gasteiger partial charge >= 0.3 is 0 Å². The molecule has 0 saturated heterocycles. The molecular weight excluding hydrogens is 190 g/mol. The Morgan fingerprint density at radius 1 is 1.20 bits per heavy atom. The van der Waals surface area contributed by atoms with Crippen molar-refractivity contribution in [3.05, 3.63) is 41.6 Å². The maximum atomic E-state index is 10.7. The zero-order chi connectivity index (χ0) is 10.7. The molecule has 15 heavy (non-hydrogen) atoms. The average Bonchev–Trinajstić information content (AvgIpc) is 2.68. The monoisotopic (exact) mass is 199 g/mol. The fraction of sp³-hybridized carbons (Fsp3) is 0. The van der Waals surface area contributed by atoms with Crippen LogP contribution in [0.3, 0.4) is 0 Å². The quantitative estimate of drug-likeness (QED) is 0.608. The van der Waals surface area contributed by atoms with Gasteiger partial charge in [0.15, 0.2) is 6.29 Å². The third-order valence-corrected chi connectivity index (χ3v) is 2.23. The van der Waals surface area contributed by atoms with Crippen LogP contribution in [-0.2, 0) is 4.79 Å². The van der Waals surface area contributed by atoms with Crippen LogP contribution in [0.5, 0.6) is 0 Å². The van der Waals surface area contributed by atoms with Crippen molar-refractivity contribution >= 4 is 29.6 Å². The Morgan fingerprint density at radius 2 is 2.07 bits per heavy atom. The Kier molecular flexibility index (Phi) is 2.46. The lowest BCUT2D eigenvalue weighted by Crippen LogP contribution is -1.76. The Balaban J connectivity index is 2.52. The van der Waals surface area contributed by atoms with E-state index in [9.17, 15) is 9.59 Å². The van der Waals surface area contributed by atoms with E-state index in [-0.39, 0.29) is 0 Å². The lowest BCUT2D eigenvalue weighted by molar-refractivity contribution is -0.104. The van der Waals surface area contributed by atoms with E-state index < -0.39 is 0 Å². The molecule has 2 rings (SSSR count). The standard InChI is InChI=1S/C12H9NO2/c14-5-1-2-9-3-4-11-10(8-15)7-13-12(11)6-9/h1-8,13H. The highest BCUT2D eigenvalue weighted by Gasteiger charge is 2.01. The van der Waals surface area contributed by atoms with Crippen molar-refractivity contribution < 1.29 is 9.59 Å². The van der Waals surface area contributed by atoms with Crippen molar-refractivity contribution in [3.8, 4) is 0 Å². The van der Waals surface area contributed by atoms with E-state index in [4.69, 9.17) is 0 Å². The Bertz CT molecular complexity index is 538. The maximum absolute atomic E-state index is 10.7. The number of hydrogen-bond donors (Lipinski definition) is 1. The molecule has 0 fully saturated rings. The predicted molar refractivity (Wildman–Crippen MR) is 58.8 cm³/mol. The van der Waals surface area contributed by atoms with Gasteiger partial charge in [-0.15, -0.1) is 0 Å². The first-order chi connectivity index (χ1) is 7.35. The second-order valence-electron chi connectivity index (χ2n) is 3.16. The van der Waals surface area contributed by atoms with E-state index in [1.165, 1.54) is 6.08 Å². The molecule has 0 unspecified atom stereocenters. The fourth-order valence-corrected chi connectivity index (χ4v) is 1.52. The minimum absolute atomic E-state index is 0.649. The molecule has 3 heteroatoms. The largest absolute Gasteiger partial charge is 0.360 e. The molecule has 0 atom stereocenters. The van der Waals surface area contributed by atoms with Gasteiger partial charge in [-0.25, -0.2) is 0 Å². The van der Waals surface area contributed by atoms with Crippen LogP contribution in [0.4, 0.5) is 0 Å². The summed E-state index contributed by atoms with van der Waals surface area (Å²) in [5.41, 5.74) is 2.47. The number of allylic oxidation sites excluding steroid dienone is 1. The Hall–Kier alpha value is -2.16. The summed E-state index contributed by atoms with van der Waals surface area (Å²) in [4.78, 5) is 23.8. The second kappa shape index (κ2) is 3.92. The number of carbonyl (C=O) groups is 2. The summed E-state index contributed by atoms with van der Waals surface area (Å²) in [6.07, 6.45) is 6.37. The van der Waals surface area contributed by atoms with E-state index >= 15 is 0 Å². The van der Waals surface area contributed by atoms with Crippen molar-refractivity contribution in [3.63, 3.8) is 0 Å². The van der Waals surface area contributed by atoms with Crippen molar-refractivity contribution in [2.45, 2.75) is 0 Å². The van der Waals surface area contributed by atoms with Gasteiger partial charge in [-0.2, -0.15) is 0 Å². The molecule has 0 aliphatic rings. The van der Waals surface area contributed by atoms with Gasteiger partial charge in [0.05, 0.1) is 0 Å². The summed E-state index contributed by atoms with van der Waals surface area (Å²) in [6, 6.07) is 5.62. The van der Waals surface area contributed by atoms with Crippen LogP contribution in [0.15, 0.2) is 30.5 Å². The van der Waals surface area contributed by atoms with Crippen LogP contribution in [-0.4, -0.2) is 17.6 Å². The van der Waals surface area contributed by atoms with Crippen LogP contribution in [0, 0.1) is 0 Å². The second-order valence-corrected chi connectivity index (χ2v) is 3.16. The van der Waals surface area contributed by atoms with E-state index in [1.54, 1.807) is 12.3 Å². The number of carbonyl (C=O) groups excluding carboxylic acids is 2. The van der Waals surface area contributed by atoms with E-state index in [0.717, 1.165) is 29.0 Å². The van der Waals surface area contributed by atoms with Gasteiger partial charge in [-0.1, -0.05) is 18.2 Å². The van der Waals surface area contributed by atoms with E-state index in [1.807, 2.05) is 18.2 Å². The number of hydrogen-bond acceptors (Lipinski definition) is 2. The molecule has 3 nitrogen and oxygen atoms in total. The molecule has 0 aliphatic heterocycles. The molecule has 0 saturated carbocycles. The number of aldehydes is 2. The van der Waals surface area contributed by atoms with E-state index in [2.05, 4.69) is 4.98 Å². The Morgan fingerprint density at radius 3 is 2.80 bits per heavy atom. The summed E-state index contributed by atoms with van der Waals surface area (Å²) >= 11 is 0. The zero-order valence-corrected chi connectivity index (χ0v) is 7.94. The molecular formula is C12H9NO2. The minimum Gasteiger partial charge on any atom is -0.360 e. The third-order valence-electron chi connectivity index (χ3n) is 2.23. The van der Waals surface area contributed by atoms with Crippen LogP contribution in [0.1, 0.15) is 15.9 Å². The first-order valence-electron chi connectivity index (χ1n) is 4.53. The number of H-pyrrole nitrogens is 1. The van der Waals surface area contributed by atoms with E-state index in [0.29, 0.717) is 5.56 Å². The summed E-state index contributed by atoms with van der Waals surface area (Å²) in [7, 11) is 0. The van der Waals surface area contributed by atoms with Crippen LogP contribution in [0.25, 0.3) is 17.0 Å². The third kappa shape index (κ3) is 1.72. The molecule has 0 spiro atoms. The highest BCUT2D eigenvalue weighted by molar-refractivity contribution is 5.97. The van der Waals surface area contributed by atoms with Gasteiger partial charge < -0.3 is 4.98 Å². The number of fused-ring (bicyclic) bond motifs is 1. The van der Waals surface area contributed by atoms with Crippen LogP contribution >= 0.6 is 0 Å². The number of nitrogens with one attached hydrogen (secondary N) is 1. The molecule has 74 valence electrons. The number of aromatic amines is 1. The van der Waals surface area contributed by atoms with Gasteiger partial charge in [-0.05, 0) is 17.7 Å². The van der Waals surface area contributed by atoms with Gasteiger partial charge in [0.25, 0.3) is 0 Å². The van der Waals surface area contributed by atoms with Crippen molar-refractivity contribution in [1.29, 1.82) is 0 Å². The predicted octanol–water partition coefficient (Wildman–Crippen LogP) is 2.19. The summed E-state index contributed by atoms with van der Waals surface area (Å²) in [6.45, 7) is 0. The number of aromatic nitrogens is 1. The van der Waals surface area contributed by atoms with Gasteiger partial charge in [0, 0.05) is 22.7 Å². The van der Waals surface area contributed by atoms with Crippen LogP contribution < -0.4 is 0 Å². The summed E-state index contributed by atoms with van der Waals surface area (Å²) in [5.74, 6) is 0. The first-order valence-corrected chi connectivity index (χ1v) is 4.53. The van der Waals surface area contributed by atoms with Crippen molar-refractivity contribution in [2.75, 3.05) is 0 Å². The molecule has 1 aromatic heterocycles. The first kappa shape index (κ1) is 9.40. The number of benzene rings is 1. The molecule has 2 aromatic rings.